The normalized spacial score (nSPS) is 21.1. The Hall–Kier alpha value is -0.450. The monoisotopic (exact) mass is 172 g/mol. The van der Waals surface area contributed by atoms with Crippen LogP contribution in [0.15, 0.2) is 0 Å². The van der Waals surface area contributed by atoms with Crippen molar-refractivity contribution in [2.75, 3.05) is 26.3 Å². The number of rotatable bonds is 4. The maximum absolute atomic E-state index is 9.95. The van der Waals surface area contributed by atoms with Crippen molar-refractivity contribution >= 4 is 6.29 Å². The summed E-state index contributed by atoms with van der Waals surface area (Å²) in [4.78, 5) is 9.95. The summed E-state index contributed by atoms with van der Waals surface area (Å²) in [6.07, 6.45) is 2.95. The molecule has 1 fully saturated rings. The largest absolute Gasteiger partial charge is 0.374 e. The van der Waals surface area contributed by atoms with Crippen molar-refractivity contribution in [3.05, 3.63) is 0 Å². The molecule has 12 heavy (non-hydrogen) atoms. The fraction of sp³-hybridized carbons (Fsp3) is 0.875. The van der Waals surface area contributed by atoms with Gasteiger partial charge in [0.05, 0.1) is 6.61 Å². The Kier molecular flexibility index (Phi) is 4.21. The number of hydrogen-bond donors (Lipinski definition) is 1. The van der Waals surface area contributed by atoms with Gasteiger partial charge < -0.3 is 9.53 Å². The lowest BCUT2D eigenvalue weighted by Crippen LogP contribution is -2.39. The molecule has 0 aliphatic carbocycles. The lowest BCUT2D eigenvalue weighted by atomic mass is 9.99. The zero-order valence-corrected chi connectivity index (χ0v) is 7.24. The van der Waals surface area contributed by atoms with Gasteiger partial charge in [-0.25, -0.2) is 5.01 Å². The Morgan fingerprint density at radius 3 is 2.75 bits per heavy atom. The van der Waals surface area contributed by atoms with Gasteiger partial charge in [-0.05, 0) is 18.8 Å². The molecule has 1 heterocycles. The van der Waals surface area contributed by atoms with Crippen molar-refractivity contribution in [3.63, 3.8) is 0 Å². The van der Waals surface area contributed by atoms with Gasteiger partial charge in [-0.1, -0.05) is 0 Å². The van der Waals surface area contributed by atoms with Crippen molar-refractivity contribution in [3.8, 4) is 0 Å². The van der Waals surface area contributed by atoms with Crippen LogP contribution < -0.4 is 5.84 Å². The molecule has 2 N–H and O–H groups in total. The van der Waals surface area contributed by atoms with E-state index in [-0.39, 0.29) is 6.61 Å². The molecule has 1 aliphatic rings. The van der Waals surface area contributed by atoms with Crippen LogP contribution in [-0.4, -0.2) is 37.6 Å². The van der Waals surface area contributed by atoms with Crippen LogP contribution in [0.5, 0.6) is 0 Å². The lowest BCUT2D eigenvalue weighted by molar-refractivity contribution is -0.112. The average Bonchev–Trinajstić information content (AvgIpc) is 2.09. The summed E-state index contributed by atoms with van der Waals surface area (Å²) >= 11 is 0. The number of hydrogen-bond acceptors (Lipinski definition) is 4. The molecule has 4 nitrogen and oxygen atoms in total. The van der Waals surface area contributed by atoms with Crippen LogP contribution in [0, 0.1) is 5.92 Å². The molecular weight excluding hydrogens is 156 g/mol. The first-order valence-electron chi connectivity index (χ1n) is 4.34. The van der Waals surface area contributed by atoms with E-state index in [0.29, 0.717) is 12.5 Å². The number of carbonyl (C=O) groups is 1. The predicted octanol–water partition coefficient (Wildman–Crippen LogP) is -0.212. The highest BCUT2D eigenvalue weighted by Crippen LogP contribution is 2.14. The summed E-state index contributed by atoms with van der Waals surface area (Å²) in [5.41, 5.74) is 0. The average molecular weight is 172 g/mol. The minimum atomic E-state index is 0.225. The van der Waals surface area contributed by atoms with E-state index in [9.17, 15) is 4.79 Å². The molecule has 0 radical (unpaired) electrons. The molecule has 1 rings (SSSR count). The van der Waals surface area contributed by atoms with Crippen molar-refractivity contribution in [1.29, 1.82) is 0 Å². The first kappa shape index (κ1) is 9.64. The molecule has 1 aliphatic heterocycles. The number of hydrazine groups is 1. The Morgan fingerprint density at radius 1 is 1.50 bits per heavy atom. The molecule has 0 aromatic carbocycles. The van der Waals surface area contributed by atoms with Crippen molar-refractivity contribution in [1.82, 2.24) is 5.01 Å². The molecule has 0 bridgehead atoms. The summed E-state index contributed by atoms with van der Waals surface area (Å²) in [7, 11) is 0. The minimum absolute atomic E-state index is 0.225. The van der Waals surface area contributed by atoms with Crippen LogP contribution in [-0.2, 0) is 9.53 Å². The van der Waals surface area contributed by atoms with Gasteiger partial charge in [-0.15, -0.1) is 0 Å². The Balaban J connectivity index is 2.05. The number of aldehydes is 1. The topological polar surface area (TPSA) is 55.6 Å². The van der Waals surface area contributed by atoms with Crippen molar-refractivity contribution in [2.45, 2.75) is 12.8 Å². The van der Waals surface area contributed by atoms with Gasteiger partial charge in [0.2, 0.25) is 0 Å². The molecule has 0 unspecified atom stereocenters. The molecule has 1 saturated heterocycles. The van der Waals surface area contributed by atoms with Crippen LogP contribution in [0.3, 0.4) is 0 Å². The first-order chi connectivity index (χ1) is 5.83. The zero-order valence-electron chi connectivity index (χ0n) is 7.24. The van der Waals surface area contributed by atoms with E-state index >= 15 is 0 Å². The smallest absolute Gasteiger partial charge is 0.145 e. The van der Waals surface area contributed by atoms with Crippen LogP contribution in [0.2, 0.25) is 0 Å². The van der Waals surface area contributed by atoms with E-state index in [4.69, 9.17) is 10.6 Å². The van der Waals surface area contributed by atoms with Gasteiger partial charge in [0.15, 0.2) is 0 Å². The number of piperidine rings is 1. The molecule has 70 valence electrons. The number of nitrogens with zero attached hydrogens (tertiary/aromatic N) is 1. The second kappa shape index (κ2) is 5.24. The third-order valence-electron chi connectivity index (χ3n) is 2.19. The van der Waals surface area contributed by atoms with E-state index in [2.05, 4.69) is 0 Å². The molecule has 4 heteroatoms. The number of ether oxygens (including phenoxy) is 1. The standard InChI is InChI=1S/C8H16N2O2/c9-10-3-1-8(2-4-10)7-12-6-5-11/h5,8H,1-4,6-7,9H2. The van der Waals surface area contributed by atoms with Gasteiger partial charge in [-0.2, -0.15) is 0 Å². The first-order valence-corrected chi connectivity index (χ1v) is 4.34. The predicted molar refractivity (Wildman–Crippen MR) is 45.4 cm³/mol. The molecule has 0 amide bonds. The third-order valence-corrected chi connectivity index (χ3v) is 2.19. The second-order valence-corrected chi connectivity index (χ2v) is 3.18. The molecular formula is C8H16N2O2. The quantitative estimate of drug-likeness (QED) is 0.362. The second-order valence-electron chi connectivity index (χ2n) is 3.18. The fourth-order valence-electron chi connectivity index (χ4n) is 1.40. The molecule has 0 saturated carbocycles. The Bertz CT molecular complexity index is 133. The van der Waals surface area contributed by atoms with Crippen LogP contribution in [0.4, 0.5) is 0 Å². The summed E-state index contributed by atoms with van der Waals surface area (Å²) in [5, 5.41) is 1.83. The van der Waals surface area contributed by atoms with Gasteiger partial charge in [0.1, 0.15) is 12.9 Å². The fourth-order valence-corrected chi connectivity index (χ4v) is 1.40. The van der Waals surface area contributed by atoms with E-state index in [1.54, 1.807) is 0 Å². The number of nitrogens with two attached hydrogens (primary N) is 1. The highest BCUT2D eigenvalue weighted by molar-refractivity contribution is 5.50. The zero-order chi connectivity index (χ0) is 8.81. The van der Waals surface area contributed by atoms with Crippen molar-refractivity contribution < 1.29 is 9.53 Å². The van der Waals surface area contributed by atoms with Gasteiger partial charge in [-0.3, -0.25) is 5.84 Å². The van der Waals surface area contributed by atoms with Gasteiger partial charge >= 0.3 is 0 Å². The summed E-state index contributed by atoms with van der Waals surface area (Å²) in [6.45, 7) is 2.81. The molecule has 0 aromatic rings. The summed E-state index contributed by atoms with van der Waals surface area (Å²) in [6, 6.07) is 0. The Labute approximate surface area is 72.6 Å². The van der Waals surface area contributed by atoms with Crippen LogP contribution >= 0.6 is 0 Å². The van der Waals surface area contributed by atoms with Crippen LogP contribution in [0.25, 0.3) is 0 Å². The van der Waals surface area contributed by atoms with Crippen molar-refractivity contribution in [2.24, 2.45) is 11.8 Å². The maximum atomic E-state index is 9.95. The van der Waals surface area contributed by atoms with E-state index < -0.39 is 0 Å². The van der Waals surface area contributed by atoms with Gasteiger partial charge in [0, 0.05) is 13.1 Å². The van der Waals surface area contributed by atoms with E-state index in [1.165, 1.54) is 0 Å². The molecule has 0 aromatic heterocycles. The highest BCUT2D eigenvalue weighted by atomic mass is 16.5. The Morgan fingerprint density at radius 2 is 2.17 bits per heavy atom. The summed E-state index contributed by atoms with van der Waals surface area (Å²) < 4.78 is 5.13. The van der Waals surface area contributed by atoms with Crippen LogP contribution in [0.1, 0.15) is 12.8 Å². The lowest BCUT2D eigenvalue weighted by Gasteiger charge is -2.27. The SMILES string of the molecule is NN1CCC(COCC=O)CC1. The van der Waals surface area contributed by atoms with E-state index in [0.717, 1.165) is 32.2 Å². The minimum Gasteiger partial charge on any atom is -0.374 e. The highest BCUT2D eigenvalue weighted by Gasteiger charge is 2.16. The maximum Gasteiger partial charge on any atom is 0.145 e. The van der Waals surface area contributed by atoms with E-state index in [1.807, 2.05) is 5.01 Å². The summed E-state index contributed by atoms with van der Waals surface area (Å²) in [5.74, 6) is 6.18. The van der Waals surface area contributed by atoms with Gasteiger partial charge in [0.25, 0.3) is 0 Å². The molecule has 0 atom stereocenters. The molecule has 0 spiro atoms. The number of carbonyl (C=O) groups excluding carboxylic acids is 1. The third kappa shape index (κ3) is 3.30.